The molecule has 1 aliphatic rings. The fraction of sp³-hybridized carbons (Fsp3) is 0.385. The van der Waals surface area contributed by atoms with Crippen LogP contribution in [-0.2, 0) is 4.74 Å². The lowest BCUT2D eigenvalue weighted by Gasteiger charge is -2.34. The predicted octanol–water partition coefficient (Wildman–Crippen LogP) is 1.40. The number of aliphatic hydroxyl groups is 3. The van der Waals surface area contributed by atoms with Gasteiger partial charge in [-0.1, -0.05) is 11.6 Å². The van der Waals surface area contributed by atoms with Crippen LogP contribution in [0.5, 0.6) is 5.75 Å². The summed E-state index contributed by atoms with van der Waals surface area (Å²) in [7, 11) is 0. The van der Waals surface area contributed by atoms with Crippen molar-refractivity contribution in [1.29, 1.82) is 0 Å². The van der Waals surface area contributed by atoms with Gasteiger partial charge in [0, 0.05) is 16.1 Å². The second-order valence-corrected chi connectivity index (χ2v) is 6.09. The average molecular weight is 379 g/mol. The molecule has 0 radical (unpaired) electrons. The van der Waals surface area contributed by atoms with Crippen molar-refractivity contribution in [2.24, 2.45) is 0 Å². The summed E-state index contributed by atoms with van der Waals surface area (Å²) in [4.78, 5) is 3.00. The molecular formula is C13H13BrClNO5. The van der Waals surface area contributed by atoms with E-state index in [1.165, 1.54) is 0 Å². The van der Waals surface area contributed by atoms with E-state index in [0.717, 1.165) is 10.9 Å². The summed E-state index contributed by atoms with van der Waals surface area (Å²) < 4.78 is 11.5. The Bertz CT molecular complexity index is 663. The van der Waals surface area contributed by atoms with Crippen molar-refractivity contribution in [1.82, 2.24) is 4.98 Å². The Morgan fingerprint density at radius 2 is 2.05 bits per heavy atom. The van der Waals surface area contributed by atoms with Gasteiger partial charge in [0.1, 0.15) is 24.1 Å². The van der Waals surface area contributed by atoms with Crippen LogP contribution >= 0.6 is 27.5 Å². The molecule has 6 nitrogen and oxygen atoms in total. The van der Waals surface area contributed by atoms with Gasteiger partial charge in [-0.15, -0.1) is 0 Å². The van der Waals surface area contributed by atoms with Crippen LogP contribution in [0.1, 0.15) is 0 Å². The summed E-state index contributed by atoms with van der Waals surface area (Å²) >= 11 is 9.35. The van der Waals surface area contributed by atoms with E-state index in [0.29, 0.717) is 15.2 Å². The van der Waals surface area contributed by atoms with E-state index in [4.69, 9.17) is 21.1 Å². The van der Waals surface area contributed by atoms with E-state index in [1.807, 2.05) is 0 Å². The van der Waals surface area contributed by atoms with Crippen LogP contribution in [0.4, 0.5) is 0 Å². The van der Waals surface area contributed by atoms with Crippen LogP contribution in [0.2, 0.25) is 5.02 Å². The van der Waals surface area contributed by atoms with Crippen molar-refractivity contribution >= 4 is 38.4 Å². The maximum absolute atomic E-state index is 9.88. The molecule has 1 saturated heterocycles. The Kier molecular flexibility index (Phi) is 4.13. The molecular weight excluding hydrogens is 366 g/mol. The molecule has 0 saturated carbocycles. The van der Waals surface area contributed by atoms with Gasteiger partial charge in [0.15, 0.2) is 0 Å². The van der Waals surface area contributed by atoms with Crippen molar-refractivity contribution in [3.63, 3.8) is 0 Å². The molecule has 114 valence electrons. The molecule has 2 heterocycles. The first-order valence-corrected chi connectivity index (χ1v) is 7.43. The number of rotatable bonds is 2. The number of aromatic amines is 1. The average Bonchev–Trinajstić information content (AvgIpc) is 2.82. The van der Waals surface area contributed by atoms with E-state index in [-0.39, 0.29) is 6.61 Å². The zero-order chi connectivity index (χ0) is 15.1. The van der Waals surface area contributed by atoms with Gasteiger partial charge in [-0.2, -0.15) is 0 Å². The number of ether oxygens (including phenoxy) is 2. The molecule has 3 rings (SSSR count). The lowest BCUT2D eigenvalue weighted by molar-refractivity contribution is -0.241. The van der Waals surface area contributed by atoms with Gasteiger partial charge in [-0.05, 0) is 28.1 Å². The fourth-order valence-electron chi connectivity index (χ4n) is 2.20. The minimum atomic E-state index is -1.34. The molecule has 1 aromatic carbocycles. The molecule has 0 unspecified atom stereocenters. The Balaban J connectivity index is 1.87. The van der Waals surface area contributed by atoms with E-state index in [1.54, 1.807) is 18.3 Å². The second-order valence-electron chi connectivity index (χ2n) is 4.83. The molecule has 21 heavy (non-hydrogen) atoms. The third-order valence-electron chi connectivity index (χ3n) is 3.38. The third-order valence-corrected chi connectivity index (χ3v) is 4.58. The SMILES string of the molecule is O[C@@H]1[C@@H](O)[C@@H](Oc2c[nH]c3cc(Cl)c(Br)cc23)OC[C@H]1O. The van der Waals surface area contributed by atoms with E-state index in [9.17, 15) is 15.3 Å². The summed E-state index contributed by atoms with van der Waals surface area (Å²) in [5.41, 5.74) is 0.768. The van der Waals surface area contributed by atoms with Crippen LogP contribution in [0.3, 0.4) is 0 Å². The highest BCUT2D eigenvalue weighted by Gasteiger charge is 2.39. The first-order chi connectivity index (χ1) is 9.97. The van der Waals surface area contributed by atoms with Crippen LogP contribution in [0.25, 0.3) is 10.9 Å². The molecule has 0 amide bonds. The van der Waals surface area contributed by atoms with Crippen LogP contribution in [0.15, 0.2) is 22.8 Å². The van der Waals surface area contributed by atoms with E-state index >= 15 is 0 Å². The van der Waals surface area contributed by atoms with Crippen molar-refractivity contribution in [3.05, 3.63) is 27.8 Å². The number of fused-ring (bicyclic) bond motifs is 1. The largest absolute Gasteiger partial charge is 0.460 e. The first kappa shape index (κ1) is 15.1. The van der Waals surface area contributed by atoms with Gasteiger partial charge in [0.2, 0.25) is 6.29 Å². The molecule has 8 heteroatoms. The fourth-order valence-corrected chi connectivity index (χ4v) is 2.70. The number of hydrogen-bond donors (Lipinski definition) is 4. The number of halogens is 2. The molecule has 1 fully saturated rings. The van der Waals surface area contributed by atoms with Crippen LogP contribution in [-0.4, -0.2) is 51.5 Å². The zero-order valence-electron chi connectivity index (χ0n) is 10.7. The highest BCUT2D eigenvalue weighted by Crippen LogP contribution is 2.34. The number of H-pyrrole nitrogens is 1. The predicted molar refractivity (Wildman–Crippen MR) is 79.4 cm³/mol. The normalized spacial score (nSPS) is 29.8. The number of hydrogen-bond acceptors (Lipinski definition) is 5. The van der Waals surface area contributed by atoms with Crippen molar-refractivity contribution in [2.45, 2.75) is 24.6 Å². The number of aliphatic hydroxyl groups excluding tert-OH is 3. The third kappa shape index (κ3) is 2.77. The Morgan fingerprint density at radius 3 is 2.81 bits per heavy atom. The van der Waals surface area contributed by atoms with Gasteiger partial charge in [0.05, 0.1) is 17.1 Å². The Morgan fingerprint density at radius 1 is 1.29 bits per heavy atom. The van der Waals surface area contributed by atoms with Gasteiger partial charge in [0.25, 0.3) is 0 Å². The summed E-state index contributed by atoms with van der Waals surface area (Å²) in [5.74, 6) is 0.454. The quantitative estimate of drug-likeness (QED) is 0.634. The van der Waals surface area contributed by atoms with E-state index in [2.05, 4.69) is 20.9 Å². The molecule has 1 aromatic heterocycles. The molecule has 0 aliphatic carbocycles. The lowest BCUT2D eigenvalue weighted by atomic mass is 10.1. The Labute approximate surface area is 133 Å². The number of nitrogens with one attached hydrogen (secondary N) is 1. The molecule has 2 aromatic rings. The highest BCUT2D eigenvalue weighted by atomic mass is 79.9. The molecule has 4 N–H and O–H groups in total. The summed E-state index contributed by atoms with van der Waals surface area (Å²) in [5, 5.41) is 30.2. The van der Waals surface area contributed by atoms with Gasteiger partial charge in [-0.3, -0.25) is 0 Å². The van der Waals surface area contributed by atoms with Crippen molar-refractivity contribution in [3.8, 4) is 5.75 Å². The molecule has 1 aliphatic heterocycles. The molecule has 4 atom stereocenters. The second kappa shape index (κ2) is 5.75. The first-order valence-electron chi connectivity index (χ1n) is 6.26. The van der Waals surface area contributed by atoms with E-state index < -0.39 is 24.6 Å². The summed E-state index contributed by atoms with van der Waals surface area (Å²) in [6.07, 6.45) is -3.22. The summed E-state index contributed by atoms with van der Waals surface area (Å²) in [6.45, 7) is -0.110. The number of benzene rings is 1. The van der Waals surface area contributed by atoms with Crippen molar-refractivity contribution < 1.29 is 24.8 Å². The van der Waals surface area contributed by atoms with Gasteiger partial charge in [-0.25, -0.2) is 0 Å². The van der Waals surface area contributed by atoms with Crippen LogP contribution < -0.4 is 4.74 Å². The molecule has 0 bridgehead atoms. The molecule has 0 spiro atoms. The zero-order valence-corrected chi connectivity index (χ0v) is 13.0. The van der Waals surface area contributed by atoms with Crippen molar-refractivity contribution in [2.75, 3.05) is 6.61 Å². The minimum Gasteiger partial charge on any atom is -0.460 e. The topological polar surface area (TPSA) is 94.9 Å². The maximum atomic E-state index is 9.88. The number of aromatic nitrogens is 1. The maximum Gasteiger partial charge on any atom is 0.228 e. The highest BCUT2D eigenvalue weighted by molar-refractivity contribution is 9.10. The minimum absolute atomic E-state index is 0.110. The standard InChI is InChI=1S/C13H13BrClNO5/c14-6-1-5-8(2-7(6)15)16-3-10(5)21-13-12(19)11(18)9(17)4-20-13/h1-3,9,11-13,16-19H,4H2/t9-,11+,12-,13-/m1/s1. The Hall–Kier alpha value is -0.830. The monoisotopic (exact) mass is 377 g/mol. The van der Waals surface area contributed by atoms with Crippen LogP contribution in [0, 0.1) is 0 Å². The smallest absolute Gasteiger partial charge is 0.228 e. The summed E-state index contributed by atoms with van der Waals surface area (Å²) in [6, 6.07) is 3.52. The van der Waals surface area contributed by atoms with Gasteiger partial charge >= 0.3 is 0 Å². The van der Waals surface area contributed by atoms with Gasteiger partial charge < -0.3 is 29.8 Å². The lowest BCUT2D eigenvalue weighted by Crippen LogP contribution is -2.54.